The van der Waals surface area contributed by atoms with Crippen LogP contribution in [0.1, 0.15) is 23.5 Å². The zero-order chi connectivity index (χ0) is 20.8. The van der Waals surface area contributed by atoms with Crippen LogP contribution in [0.15, 0.2) is 128 Å². The van der Waals surface area contributed by atoms with Crippen LogP contribution in [0.25, 0.3) is 27.1 Å². The van der Waals surface area contributed by atoms with E-state index >= 15 is 0 Å². The molecule has 4 aromatic carbocycles. The van der Waals surface area contributed by atoms with Gasteiger partial charge in [-0.1, -0.05) is 122 Å². The summed E-state index contributed by atoms with van der Waals surface area (Å²) in [5, 5.41) is 4.95. The van der Waals surface area contributed by atoms with Crippen molar-refractivity contribution in [3.8, 4) is 0 Å². The molecule has 0 fully saturated rings. The molecule has 0 saturated heterocycles. The van der Waals surface area contributed by atoms with Crippen LogP contribution in [-0.2, 0) is 0 Å². The van der Waals surface area contributed by atoms with E-state index < -0.39 is 0 Å². The first kappa shape index (κ1) is 19.7. The van der Waals surface area contributed by atoms with Crippen molar-refractivity contribution in [1.29, 1.82) is 0 Å². The second-order valence-corrected chi connectivity index (χ2v) is 7.51. The van der Waals surface area contributed by atoms with Crippen LogP contribution in [0.2, 0.25) is 0 Å². The van der Waals surface area contributed by atoms with E-state index in [9.17, 15) is 0 Å². The summed E-state index contributed by atoms with van der Waals surface area (Å²) in [6.45, 7) is 8.66. The molecule has 146 valence electrons. The highest BCUT2D eigenvalue weighted by atomic mass is 14.2. The third-order valence-corrected chi connectivity index (χ3v) is 5.59. The summed E-state index contributed by atoms with van der Waals surface area (Å²) in [4.78, 5) is 0. The van der Waals surface area contributed by atoms with Crippen molar-refractivity contribution in [2.45, 2.75) is 12.3 Å². The molecule has 4 aromatic rings. The van der Waals surface area contributed by atoms with Crippen molar-refractivity contribution >= 4 is 27.1 Å². The van der Waals surface area contributed by atoms with Crippen LogP contribution < -0.4 is 0 Å². The van der Waals surface area contributed by atoms with Gasteiger partial charge in [0.05, 0.1) is 0 Å². The highest BCUT2D eigenvalue weighted by Gasteiger charge is 2.14. The largest absolute Gasteiger partial charge is 0.102 e. The lowest BCUT2D eigenvalue weighted by molar-refractivity contribution is 0.890. The SMILES string of the molecule is C=CC(CC(=C)c1cccccccc2ccccc12)c1cccc2ccccc12. The van der Waals surface area contributed by atoms with Gasteiger partial charge in [0.2, 0.25) is 0 Å². The standard InChI is InChI=1S/C30H26/c1-3-24(28-21-13-17-26-16-10-12-20-30(26)28)22-23(2)27-18-8-6-4-5-7-14-25-15-9-11-19-29(25)27/h3-21,24H,1-2,22H2. The van der Waals surface area contributed by atoms with Gasteiger partial charge in [-0.05, 0) is 44.7 Å². The fourth-order valence-electron chi connectivity index (χ4n) is 4.06. The molecule has 0 bridgehead atoms. The molecular formula is C30H26. The molecule has 1 atom stereocenters. The lowest BCUT2D eigenvalue weighted by Crippen LogP contribution is -1.98. The van der Waals surface area contributed by atoms with Gasteiger partial charge < -0.3 is 0 Å². The van der Waals surface area contributed by atoms with Crippen molar-refractivity contribution in [3.63, 3.8) is 0 Å². The van der Waals surface area contributed by atoms with Gasteiger partial charge in [0.15, 0.2) is 0 Å². The van der Waals surface area contributed by atoms with Crippen molar-refractivity contribution in [1.82, 2.24) is 0 Å². The second kappa shape index (κ2) is 9.24. The summed E-state index contributed by atoms with van der Waals surface area (Å²) in [7, 11) is 0. The van der Waals surface area contributed by atoms with Gasteiger partial charge in [0.25, 0.3) is 0 Å². The van der Waals surface area contributed by atoms with E-state index in [-0.39, 0.29) is 5.92 Å². The molecule has 30 heavy (non-hydrogen) atoms. The van der Waals surface area contributed by atoms with E-state index in [2.05, 4.69) is 122 Å². The Morgan fingerprint density at radius 2 is 1.17 bits per heavy atom. The highest BCUT2D eigenvalue weighted by molar-refractivity contribution is 5.93. The molecule has 0 radical (unpaired) electrons. The molecule has 0 nitrogen and oxygen atoms in total. The maximum atomic E-state index is 4.50. The summed E-state index contributed by atoms with van der Waals surface area (Å²) < 4.78 is 0. The van der Waals surface area contributed by atoms with Crippen molar-refractivity contribution in [2.24, 2.45) is 0 Å². The third-order valence-electron chi connectivity index (χ3n) is 5.59. The molecule has 0 aliphatic rings. The van der Waals surface area contributed by atoms with Gasteiger partial charge >= 0.3 is 0 Å². The van der Waals surface area contributed by atoms with E-state index in [1.807, 2.05) is 6.07 Å². The Morgan fingerprint density at radius 3 is 1.90 bits per heavy atom. The van der Waals surface area contributed by atoms with Gasteiger partial charge in [-0.3, -0.25) is 0 Å². The normalized spacial score (nSPS) is 11.6. The zero-order valence-electron chi connectivity index (χ0n) is 17.2. The molecule has 0 heteroatoms. The number of benzene rings is 3. The fourth-order valence-corrected chi connectivity index (χ4v) is 4.06. The second-order valence-electron chi connectivity index (χ2n) is 7.51. The predicted molar refractivity (Wildman–Crippen MR) is 132 cm³/mol. The lowest BCUT2D eigenvalue weighted by atomic mass is 9.86. The molecule has 0 N–H and O–H groups in total. The van der Waals surface area contributed by atoms with Crippen LogP contribution in [0, 0.1) is 0 Å². The van der Waals surface area contributed by atoms with E-state index in [1.54, 1.807) is 0 Å². The summed E-state index contributed by atoms with van der Waals surface area (Å²) in [6.07, 6.45) is 2.88. The van der Waals surface area contributed by atoms with E-state index in [1.165, 1.54) is 32.7 Å². The molecule has 0 heterocycles. The molecule has 0 aliphatic carbocycles. The first-order chi connectivity index (χ1) is 14.8. The number of rotatable bonds is 5. The Hall–Kier alpha value is -3.64. The average Bonchev–Trinajstić information content (AvgIpc) is 2.80. The Labute approximate surface area is 179 Å². The van der Waals surface area contributed by atoms with Crippen LogP contribution in [-0.4, -0.2) is 0 Å². The number of hydrogen-bond acceptors (Lipinski definition) is 0. The van der Waals surface area contributed by atoms with Crippen LogP contribution in [0.4, 0.5) is 0 Å². The first-order valence-electron chi connectivity index (χ1n) is 10.4. The minimum atomic E-state index is 0.200. The Morgan fingerprint density at radius 1 is 0.633 bits per heavy atom. The quantitative estimate of drug-likeness (QED) is 0.302. The Balaban J connectivity index is 1.79. The van der Waals surface area contributed by atoms with Crippen molar-refractivity contribution < 1.29 is 0 Å². The molecule has 1 unspecified atom stereocenters. The van der Waals surface area contributed by atoms with Gasteiger partial charge in [0.1, 0.15) is 0 Å². The van der Waals surface area contributed by atoms with Crippen LogP contribution >= 0.6 is 0 Å². The van der Waals surface area contributed by atoms with E-state index in [0.717, 1.165) is 12.0 Å². The third kappa shape index (κ3) is 4.18. The number of hydrogen-bond donors (Lipinski definition) is 0. The van der Waals surface area contributed by atoms with E-state index in [0.29, 0.717) is 0 Å². The molecule has 4 rings (SSSR count). The van der Waals surface area contributed by atoms with Crippen molar-refractivity contribution in [3.05, 3.63) is 140 Å². The molecule has 0 aliphatic heterocycles. The first-order valence-corrected chi connectivity index (χ1v) is 10.4. The lowest BCUT2D eigenvalue weighted by Gasteiger charge is -2.18. The molecule has 0 spiro atoms. The molecular weight excluding hydrogens is 360 g/mol. The minimum Gasteiger partial charge on any atom is -0.102 e. The number of fused-ring (bicyclic) bond motifs is 2. The molecule has 0 saturated carbocycles. The van der Waals surface area contributed by atoms with Crippen molar-refractivity contribution in [2.75, 3.05) is 0 Å². The smallest absolute Gasteiger partial charge is 0.00618 e. The minimum absolute atomic E-state index is 0.200. The summed E-state index contributed by atoms with van der Waals surface area (Å²) >= 11 is 0. The predicted octanol–water partition coefficient (Wildman–Crippen LogP) is 8.49. The van der Waals surface area contributed by atoms with Gasteiger partial charge in [0, 0.05) is 5.92 Å². The molecule has 0 aromatic heterocycles. The average molecular weight is 387 g/mol. The fraction of sp³-hybridized carbons (Fsp3) is 0.0667. The maximum Gasteiger partial charge on any atom is 0.00618 e. The maximum absolute atomic E-state index is 4.50. The van der Waals surface area contributed by atoms with Crippen LogP contribution in [0.5, 0.6) is 0 Å². The van der Waals surface area contributed by atoms with Crippen LogP contribution in [0.3, 0.4) is 0 Å². The topological polar surface area (TPSA) is 0 Å². The monoisotopic (exact) mass is 386 g/mol. The van der Waals surface area contributed by atoms with Gasteiger partial charge in [-0.2, -0.15) is 0 Å². The Kier molecular flexibility index (Phi) is 6.06. The molecule has 0 amide bonds. The van der Waals surface area contributed by atoms with Gasteiger partial charge in [-0.15, -0.1) is 6.58 Å². The Bertz CT molecular complexity index is 1250. The summed E-state index contributed by atoms with van der Waals surface area (Å²) in [6, 6.07) is 38.2. The highest BCUT2D eigenvalue weighted by Crippen LogP contribution is 2.34. The van der Waals surface area contributed by atoms with E-state index in [4.69, 9.17) is 0 Å². The summed E-state index contributed by atoms with van der Waals surface area (Å²) in [5.41, 5.74) is 3.59. The zero-order valence-corrected chi connectivity index (χ0v) is 17.2. The number of allylic oxidation sites excluding steroid dienone is 2. The van der Waals surface area contributed by atoms with Gasteiger partial charge in [-0.25, -0.2) is 0 Å². The summed E-state index contributed by atoms with van der Waals surface area (Å²) in [5.74, 6) is 0.200.